The highest BCUT2D eigenvalue weighted by Gasteiger charge is 2.33. The van der Waals surface area contributed by atoms with Crippen molar-refractivity contribution in [1.82, 2.24) is 10.0 Å². The van der Waals surface area contributed by atoms with E-state index in [2.05, 4.69) is 10.0 Å². The molecule has 1 aromatic heterocycles. The molecule has 0 aliphatic carbocycles. The van der Waals surface area contributed by atoms with Crippen LogP contribution in [0.25, 0.3) is 0 Å². The average molecular weight is 318 g/mol. The fourth-order valence-electron chi connectivity index (χ4n) is 2.18. The summed E-state index contributed by atoms with van der Waals surface area (Å²) in [5, 5.41) is 3.06. The van der Waals surface area contributed by atoms with Crippen LogP contribution in [0.5, 0.6) is 0 Å². The quantitative estimate of drug-likeness (QED) is 0.831. The van der Waals surface area contributed by atoms with Gasteiger partial charge in [-0.25, -0.2) is 13.1 Å². The summed E-state index contributed by atoms with van der Waals surface area (Å²) >= 11 is 1.35. The third-order valence-electron chi connectivity index (χ3n) is 3.50. The number of sulfonamides is 1. The lowest BCUT2D eigenvalue weighted by Crippen LogP contribution is -2.49. The molecule has 0 amide bonds. The summed E-state index contributed by atoms with van der Waals surface area (Å²) in [5.74, 6) is 0. The van der Waals surface area contributed by atoms with E-state index >= 15 is 0 Å². The highest BCUT2D eigenvalue weighted by atomic mass is 32.2. The lowest BCUT2D eigenvalue weighted by Gasteiger charge is -2.33. The van der Waals surface area contributed by atoms with E-state index in [1.54, 1.807) is 6.07 Å². The van der Waals surface area contributed by atoms with Gasteiger partial charge in [0.25, 0.3) is 10.0 Å². The molecule has 2 heterocycles. The van der Waals surface area contributed by atoms with E-state index in [9.17, 15) is 8.42 Å². The smallest absolute Gasteiger partial charge is 0.250 e. The number of likely N-dealkylation sites (N-methyl/N-ethyl adjacent to an activating group) is 1. The molecule has 20 heavy (non-hydrogen) atoms. The Labute approximate surface area is 124 Å². The Morgan fingerprint density at radius 3 is 2.70 bits per heavy atom. The van der Waals surface area contributed by atoms with Gasteiger partial charge in [0, 0.05) is 23.6 Å². The number of hydrogen-bond acceptors (Lipinski definition) is 5. The Bertz CT molecular complexity index is 534. The van der Waals surface area contributed by atoms with Gasteiger partial charge in [-0.05, 0) is 51.9 Å². The first-order chi connectivity index (χ1) is 9.45. The van der Waals surface area contributed by atoms with Crippen LogP contribution in [0.4, 0.5) is 0 Å². The molecule has 0 spiro atoms. The lowest BCUT2D eigenvalue weighted by atomic mass is 9.94. The lowest BCUT2D eigenvalue weighted by molar-refractivity contribution is 0.0538. The van der Waals surface area contributed by atoms with Crippen LogP contribution < -0.4 is 10.0 Å². The summed E-state index contributed by atoms with van der Waals surface area (Å²) in [6.07, 6.45) is 2.27. The molecule has 0 saturated carbocycles. The van der Waals surface area contributed by atoms with Gasteiger partial charge in [-0.15, -0.1) is 11.3 Å². The van der Waals surface area contributed by atoms with E-state index in [0.29, 0.717) is 30.3 Å². The number of rotatable bonds is 6. The second-order valence-corrected chi connectivity index (χ2v) is 8.43. The van der Waals surface area contributed by atoms with Crippen LogP contribution in [0.2, 0.25) is 0 Å². The molecule has 1 aliphatic heterocycles. The van der Waals surface area contributed by atoms with E-state index in [0.717, 1.165) is 17.8 Å². The fraction of sp³-hybridized carbons (Fsp3) is 0.692. The van der Waals surface area contributed by atoms with Gasteiger partial charge in [0.15, 0.2) is 0 Å². The summed E-state index contributed by atoms with van der Waals surface area (Å²) < 4.78 is 33.4. The summed E-state index contributed by atoms with van der Waals surface area (Å²) in [6, 6.07) is 3.59. The molecule has 2 rings (SSSR count). The molecular weight excluding hydrogens is 296 g/mol. The molecule has 0 aromatic carbocycles. The van der Waals surface area contributed by atoms with Crippen LogP contribution in [0.15, 0.2) is 16.3 Å². The highest BCUT2D eigenvalue weighted by Crippen LogP contribution is 2.26. The van der Waals surface area contributed by atoms with Crippen LogP contribution in [-0.2, 0) is 21.2 Å². The van der Waals surface area contributed by atoms with Crippen molar-refractivity contribution in [2.45, 2.75) is 35.9 Å². The van der Waals surface area contributed by atoms with Crippen LogP contribution in [0, 0.1) is 0 Å². The fourth-order valence-corrected chi connectivity index (χ4v) is 5.00. The zero-order chi connectivity index (χ0) is 14.6. The van der Waals surface area contributed by atoms with Crippen molar-refractivity contribution in [1.29, 1.82) is 0 Å². The minimum absolute atomic E-state index is 0.397. The SMILES string of the molecule is CNCCc1ccc(S(=O)(=O)NC2(C)CCOCC2)s1. The maximum Gasteiger partial charge on any atom is 0.250 e. The van der Waals surface area contributed by atoms with Crippen LogP contribution in [0.3, 0.4) is 0 Å². The molecule has 0 bridgehead atoms. The minimum Gasteiger partial charge on any atom is -0.381 e. The van der Waals surface area contributed by atoms with Gasteiger partial charge < -0.3 is 10.1 Å². The van der Waals surface area contributed by atoms with Crippen molar-refractivity contribution in [2.75, 3.05) is 26.8 Å². The summed E-state index contributed by atoms with van der Waals surface area (Å²) in [4.78, 5) is 1.08. The first kappa shape index (κ1) is 15.9. The van der Waals surface area contributed by atoms with Gasteiger partial charge in [0.05, 0.1) is 0 Å². The molecule has 0 unspecified atom stereocenters. The zero-order valence-corrected chi connectivity index (χ0v) is 13.6. The second-order valence-electron chi connectivity index (χ2n) is 5.35. The Morgan fingerprint density at radius 1 is 1.35 bits per heavy atom. The van der Waals surface area contributed by atoms with Crippen molar-refractivity contribution >= 4 is 21.4 Å². The van der Waals surface area contributed by atoms with Gasteiger partial charge in [0.2, 0.25) is 0 Å². The minimum atomic E-state index is -3.43. The zero-order valence-electron chi connectivity index (χ0n) is 11.9. The molecule has 114 valence electrons. The number of thiophene rings is 1. The number of hydrogen-bond donors (Lipinski definition) is 2. The topological polar surface area (TPSA) is 67.4 Å². The third-order valence-corrected chi connectivity index (χ3v) is 6.78. The van der Waals surface area contributed by atoms with Crippen molar-refractivity contribution in [3.05, 3.63) is 17.0 Å². The predicted molar refractivity (Wildman–Crippen MR) is 80.7 cm³/mol. The van der Waals surface area contributed by atoms with Crippen molar-refractivity contribution in [2.24, 2.45) is 0 Å². The van der Waals surface area contributed by atoms with Crippen molar-refractivity contribution in [3.8, 4) is 0 Å². The number of nitrogens with one attached hydrogen (secondary N) is 2. The second kappa shape index (κ2) is 6.53. The first-order valence-corrected chi connectivity index (χ1v) is 9.10. The van der Waals surface area contributed by atoms with Crippen molar-refractivity contribution in [3.63, 3.8) is 0 Å². The van der Waals surface area contributed by atoms with Gasteiger partial charge in [-0.2, -0.15) is 0 Å². The number of ether oxygens (including phenoxy) is 1. The van der Waals surface area contributed by atoms with Gasteiger partial charge in [-0.1, -0.05) is 0 Å². The molecule has 2 N–H and O–H groups in total. The van der Waals surface area contributed by atoms with E-state index in [4.69, 9.17) is 4.74 Å². The monoisotopic (exact) mass is 318 g/mol. The van der Waals surface area contributed by atoms with E-state index in [1.165, 1.54) is 11.3 Å². The predicted octanol–water partition coefficient (Wildman–Crippen LogP) is 1.36. The van der Waals surface area contributed by atoms with E-state index in [1.807, 2.05) is 20.0 Å². The molecule has 0 radical (unpaired) electrons. The normalized spacial score (nSPS) is 19.1. The largest absolute Gasteiger partial charge is 0.381 e. The molecule has 0 atom stereocenters. The van der Waals surface area contributed by atoms with E-state index < -0.39 is 15.6 Å². The first-order valence-electron chi connectivity index (χ1n) is 6.80. The van der Waals surface area contributed by atoms with Crippen LogP contribution in [0.1, 0.15) is 24.6 Å². The molecule has 5 nitrogen and oxygen atoms in total. The average Bonchev–Trinajstić information content (AvgIpc) is 2.85. The Morgan fingerprint density at radius 2 is 2.05 bits per heavy atom. The van der Waals surface area contributed by atoms with Crippen molar-refractivity contribution < 1.29 is 13.2 Å². The van der Waals surface area contributed by atoms with Crippen LogP contribution in [-0.4, -0.2) is 40.8 Å². The standard InChI is InChI=1S/C13H22N2O3S2/c1-13(6-9-18-10-7-13)15-20(16,17)12-4-3-11(19-12)5-8-14-2/h3-4,14-15H,5-10H2,1-2H3. The Hall–Kier alpha value is -0.470. The summed E-state index contributed by atoms with van der Waals surface area (Å²) in [6.45, 7) is 4.01. The van der Waals surface area contributed by atoms with Gasteiger partial charge in [-0.3, -0.25) is 0 Å². The molecular formula is C13H22N2O3S2. The maximum atomic E-state index is 12.4. The third kappa shape index (κ3) is 4.02. The van der Waals surface area contributed by atoms with Gasteiger partial charge >= 0.3 is 0 Å². The Balaban J connectivity index is 2.07. The molecule has 1 aliphatic rings. The molecule has 7 heteroatoms. The maximum absolute atomic E-state index is 12.4. The summed E-state index contributed by atoms with van der Waals surface area (Å²) in [5.41, 5.74) is -0.397. The highest BCUT2D eigenvalue weighted by molar-refractivity contribution is 7.91. The van der Waals surface area contributed by atoms with E-state index in [-0.39, 0.29) is 0 Å². The van der Waals surface area contributed by atoms with Crippen LogP contribution >= 0.6 is 11.3 Å². The van der Waals surface area contributed by atoms with Gasteiger partial charge in [0.1, 0.15) is 4.21 Å². The Kier molecular flexibility index (Phi) is 5.19. The molecule has 1 fully saturated rings. The molecule has 1 aromatic rings. The summed E-state index contributed by atoms with van der Waals surface area (Å²) in [7, 11) is -1.54. The molecule has 1 saturated heterocycles.